The Morgan fingerprint density at radius 3 is 2.35 bits per heavy atom. The molecule has 5 heteroatoms. The van der Waals surface area contributed by atoms with Crippen LogP contribution in [0, 0.1) is 6.92 Å². The fourth-order valence-corrected chi connectivity index (χ4v) is 3.35. The monoisotopic (exact) mass is 370 g/mol. The lowest BCUT2D eigenvalue weighted by Gasteiger charge is -2.28. The molecule has 2 rings (SSSR count). The van der Waals surface area contributed by atoms with Crippen LogP contribution < -0.4 is 5.32 Å². The van der Waals surface area contributed by atoms with Crippen molar-refractivity contribution in [3.05, 3.63) is 65.7 Å². The first kappa shape index (κ1) is 20.0. The molecule has 26 heavy (non-hydrogen) atoms. The van der Waals surface area contributed by atoms with Crippen molar-refractivity contribution in [3.8, 4) is 0 Å². The average molecular weight is 371 g/mol. The number of benzene rings is 2. The SMILES string of the molecule is CCNC(=O)[C@H](C)N(Cc1ccc(C)cc1)C(=O)CSc1ccccc1. The maximum Gasteiger partial charge on any atom is 0.242 e. The molecule has 0 fully saturated rings. The summed E-state index contributed by atoms with van der Waals surface area (Å²) < 4.78 is 0. The summed E-state index contributed by atoms with van der Waals surface area (Å²) in [6.45, 7) is 6.66. The highest BCUT2D eigenvalue weighted by atomic mass is 32.2. The summed E-state index contributed by atoms with van der Waals surface area (Å²) >= 11 is 1.49. The maximum absolute atomic E-state index is 12.9. The third-order valence-electron chi connectivity index (χ3n) is 4.10. The van der Waals surface area contributed by atoms with Crippen LogP contribution in [0.5, 0.6) is 0 Å². The molecule has 0 aliphatic carbocycles. The number of thioether (sulfide) groups is 1. The van der Waals surface area contributed by atoms with Crippen LogP contribution in [0.4, 0.5) is 0 Å². The van der Waals surface area contributed by atoms with Gasteiger partial charge in [0, 0.05) is 18.0 Å². The molecule has 2 amide bonds. The number of carbonyl (C=O) groups excluding carboxylic acids is 2. The van der Waals surface area contributed by atoms with Crippen LogP contribution in [0.1, 0.15) is 25.0 Å². The van der Waals surface area contributed by atoms with E-state index in [1.54, 1.807) is 11.8 Å². The van der Waals surface area contributed by atoms with Crippen LogP contribution in [0.2, 0.25) is 0 Å². The topological polar surface area (TPSA) is 49.4 Å². The molecule has 2 aromatic rings. The molecule has 0 saturated carbocycles. The Kier molecular flexibility index (Phi) is 7.73. The van der Waals surface area contributed by atoms with Gasteiger partial charge in [0.15, 0.2) is 0 Å². The molecule has 0 saturated heterocycles. The van der Waals surface area contributed by atoms with Crippen molar-refractivity contribution in [2.45, 2.75) is 38.3 Å². The standard InChI is InChI=1S/C21H26N2O2S/c1-4-22-21(25)17(3)23(14-18-12-10-16(2)11-13-18)20(24)15-26-19-8-6-5-7-9-19/h5-13,17H,4,14-15H2,1-3H3,(H,22,25)/t17-/m0/s1. The third-order valence-corrected chi connectivity index (χ3v) is 5.09. The molecule has 0 radical (unpaired) electrons. The minimum Gasteiger partial charge on any atom is -0.355 e. The molecule has 2 aromatic carbocycles. The van der Waals surface area contributed by atoms with E-state index < -0.39 is 6.04 Å². The van der Waals surface area contributed by atoms with Crippen LogP contribution >= 0.6 is 11.8 Å². The van der Waals surface area contributed by atoms with E-state index in [9.17, 15) is 9.59 Å². The normalized spacial score (nSPS) is 11.7. The van der Waals surface area contributed by atoms with Crippen LogP contribution in [0.25, 0.3) is 0 Å². The number of carbonyl (C=O) groups is 2. The van der Waals surface area contributed by atoms with E-state index in [2.05, 4.69) is 5.32 Å². The minimum absolute atomic E-state index is 0.0434. The number of hydrogen-bond acceptors (Lipinski definition) is 3. The van der Waals surface area contributed by atoms with E-state index in [0.29, 0.717) is 18.8 Å². The number of amides is 2. The Hall–Kier alpha value is -2.27. The van der Waals surface area contributed by atoms with Gasteiger partial charge in [-0.05, 0) is 38.5 Å². The summed E-state index contributed by atoms with van der Waals surface area (Å²) in [6, 6.07) is 17.4. The van der Waals surface area contributed by atoms with Gasteiger partial charge < -0.3 is 10.2 Å². The highest BCUT2D eigenvalue weighted by molar-refractivity contribution is 8.00. The lowest BCUT2D eigenvalue weighted by Crippen LogP contribution is -2.48. The van der Waals surface area contributed by atoms with E-state index in [-0.39, 0.29) is 11.8 Å². The molecule has 0 aromatic heterocycles. The Morgan fingerprint density at radius 1 is 1.08 bits per heavy atom. The summed E-state index contributed by atoms with van der Waals surface area (Å²) in [6.07, 6.45) is 0. The molecule has 0 aliphatic rings. The summed E-state index contributed by atoms with van der Waals surface area (Å²) in [5.41, 5.74) is 2.19. The molecule has 4 nitrogen and oxygen atoms in total. The third kappa shape index (κ3) is 5.92. The summed E-state index contributed by atoms with van der Waals surface area (Å²) in [7, 11) is 0. The molecular formula is C21H26N2O2S. The van der Waals surface area contributed by atoms with Crippen LogP contribution in [-0.2, 0) is 16.1 Å². The largest absolute Gasteiger partial charge is 0.355 e. The second-order valence-corrected chi connectivity index (χ2v) is 7.23. The van der Waals surface area contributed by atoms with E-state index in [0.717, 1.165) is 10.5 Å². The molecule has 0 aliphatic heterocycles. The van der Waals surface area contributed by atoms with Gasteiger partial charge in [-0.25, -0.2) is 0 Å². The first-order valence-corrected chi connectivity index (χ1v) is 9.80. The fraction of sp³-hybridized carbons (Fsp3) is 0.333. The highest BCUT2D eigenvalue weighted by Gasteiger charge is 2.25. The van der Waals surface area contributed by atoms with E-state index in [1.807, 2.05) is 68.4 Å². The van der Waals surface area contributed by atoms with Gasteiger partial charge in [0.2, 0.25) is 11.8 Å². The Labute approximate surface area is 160 Å². The van der Waals surface area contributed by atoms with Crippen molar-refractivity contribution < 1.29 is 9.59 Å². The molecule has 0 spiro atoms. The number of likely N-dealkylation sites (N-methyl/N-ethyl adjacent to an activating group) is 1. The van der Waals surface area contributed by atoms with Gasteiger partial charge in [-0.2, -0.15) is 0 Å². The van der Waals surface area contributed by atoms with E-state index >= 15 is 0 Å². The van der Waals surface area contributed by atoms with Crippen molar-refractivity contribution >= 4 is 23.6 Å². The van der Waals surface area contributed by atoms with Crippen LogP contribution in [0.15, 0.2) is 59.5 Å². The van der Waals surface area contributed by atoms with Crippen molar-refractivity contribution in [3.63, 3.8) is 0 Å². The number of hydrogen-bond donors (Lipinski definition) is 1. The predicted molar refractivity (Wildman–Crippen MR) is 107 cm³/mol. The van der Waals surface area contributed by atoms with Crippen molar-refractivity contribution in [2.24, 2.45) is 0 Å². The maximum atomic E-state index is 12.9. The Balaban J connectivity index is 2.11. The predicted octanol–water partition coefficient (Wildman–Crippen LogP) is 3.64. The van der Waals surface area contributed by atoms with Crippen molar-refractivity contribution in [2.75, 3.05) is 12.3 Å². The Bertz CT molecular complexity index is 717. The number of nitrogens with one attached hydrogen (secondary N) is 1. The van der Waals surface area contributed by atoms with E-state index in [4.69, 9.17) is 0 Å². The smallest absolute Gasteiger partial charge is 0.242 e. The van der Waals surface area contributed by atoms with Gasteiger partial charge in [-0.3, -0.25) is 9.59 Å². The quantitative estimate of drug-likeness (QED) is 0.722. The highest BCUT2D eigenvalue weighted by Crippen LogP contribution is 2.19. The minimum atomic E-state index is -0.514. The number of rotatable bonds is 8. The molecule has 1 N–H and O–H groups in total. The zero-order valence-corrected chi connectivity index (χ0v) is 16.4. The van der Waals surface area contributed by atoms with Crippen LogP contribution in [-0.4, -0.2) is 35.1 Å². The summed E-state index contributed by atoms with van der Waals surface area (Å²) in [5, 5.41) is 2.81. The second-order valence-electron chi connectivity index (χ2n) is 6.18. The van der Waals surface area contributed by atoms with Gasteiger partial charge in [0.1, 0.15) is 6.04 Å². The number of nitrogens with zero attached hydrogens (tertiary/aromatic N) is 1. The summed E-state index contributed by atoms with van der Waals surface area (Å²) in [5.74, 6) is 0.135. The molecule has 1 atom stereocenters. The first-order valence-electron chi connectivity index (χ1n) is 8.81. The number of aryl methyl sites for hydroxylation is 1. The first-order chi connectivity index (χ1) is 12.5. The molecular weight excluding hydrogens is 344 g/mol. The Morgan fingerprint density at radius 2 is 1.73 bits per heavy atom. The lowest BCUT2D eigenvalue weighted by atomic mass is 10.1. The summed E-state index contributed by atoms with van der Waals surface area (Å²) in [4.78, 5) is 27.9. The van der Waals surface area contributed by atoms with Crippen LogP contribution in [0.3, 0.4) is 0 Å². The van der Waals surface area contributed by atoms with Gasteiger partial charge in [-0.1, -0.05) is 48.0 Å². The fourth-order valence-electron chi connectivity index (χ4n) is 2.54. The molecule has 0 heterocycles. The molecule has 0 unspecified atom stereocenters. The molecule has 138 valence electrons. The van der Waals surface area contributed by atoms with E-state index in [1.165, 1.54) is 17.3 Å². The van der Waals surface area contributed by atoms with Gasteiger partial charge in [0.05, 0.1) is 5.75 Å². The lowest BCUT2D eigenvalue weighted by molar-refractivity contribution is -0.138. The zero-order chi connectivity index (χ0) is 18.9. The zero-order valence-electron chi connectivity index (χ0n) is 15.6. The van der Waals surface area contributed by atoms with Crippen molar-refractivity contribution in [1.82, 2.24) is 10.2 Å². The van der Waals surface area contributed by atoms with Crippen molar-refractivity contribution in [1.29, 1.82) is 0 Å². The molecule has 0 bridgehead atoms. The van der Waals surface area contributed by atoms with Gasteiger partial charge in [0.25, 0.3) is 0 Å². The average Bonchev–Trinajstić information content (AvgIpc) is 2.66. The van der Waals surface area contributed by atoms with Gasteiger partial charge >= 0.3 is 0 Å². The second kappa shape index (κ2) is 10.0. The van der Waals surface area contributed by atoms with Gasteiger partial charge in [-0.15, -0.1) is 11.8 Å².